The first-order chi connectivity index (χ1) is 13.1. The summed E-state index contributed by atoms with van der Waals surface area (Å²) in [6, 6.07) is 19.9. The molecule has 0 bridgehead atoms. The molecule has 1 fully saturated rings. The Kier molecular flexibility index (Phi) is 3.70. The van der Waals surface area contributed by atoms with Crippen LogP contribution < -0.4 is 5.46 Å². The fraction of sp³-hybridized carbons (Fsp3) is 0.333. The van der Waals surface area contributed by atoms with E-state index in [2.05, 4.69) is 94.8 Å². The summed E-state index contributed by atoms with van der Waals surface area (Å²) in [5.41, 5.74) is 3.15. The largest absolute Gasteiger partial charge is 0.495 e. The SMILES string of the molecule is CC1(C)OB(c2cccc3c2-c2ccc4ccccc4c2S3(C)C)OC1(C)C. The summed E-state index contributed by atoms with van der Waals surface area (Å²) in [6.45, 7) is 8.47. The molecule has 0 N–H and O–H groups in total. The lowest BCUT2D eigenvalue weighted by Crippen LogP contribution is -2.41. The fourth-order valence-corrected chi connectivity index (χ4v) is 7.36. The Morgan fingerprint density at radius 2 is 1.46 bits per heavy atom. The van der Waals surface area contributed by atoms with Gasteiger partial charge in [-0.15, -0.1) is 0 Å². The van der Waals surface area contributed by atoms with Gasteiger partial charge in [0.1, 0.15) is 0 Å². The Bertz CT molecular complexity index is 1100. The molecule has 2 aliphatic rings. The lowest BCUT2D eigenvalue weighted by Gasteiger charge is -2.32. The fourth-order valence-electron chi connectivity index (χ4n) is 4.53. The van der Waals surface area contributed by atoms with Crippen LogP contribution in [0.2, 0.25) is 0 Å². The van der Waals surface area contributed by atoms with Crippen LogP contribution in [-0.4, -0.2) is 30.8 Å². The minimum atomic E-state index is -1.11. The van der Waals surface area contributed by atoms with Crippen molar-refractivity contribution in [1.29, 1.82) is 0 Å². The van der Waals surface area contributed by atoms with E-state index in [9.17, 15) is 0 Å². The third-order valence-electron chi connectivity index (χ3n) is 6.77. The van der Waals surface area contributed by atoms with Crippen molar-refractivity contribution >= 4 is 33.4 Å². The highest BCUT2D eigenvalue weighted by Crippen LogP contribution is 2.68. The summed E-state index contributed by atoms with van der Waals surface area (Å²) < 4.78 is 12.9. The van der Waals surface area contributed by atoms with E-state index in [1.54, 1.807) is 0 Å². The Balaban J connectivity index is 1.76. The Morgan fingerprint density at radius 1 is 0.786 bits per heavy atom. The summed E-state index contributed by atoms with van der Waals surface area (Å²) in [7, 11) is -1.45. The smallest absolute Gasteiger partial charge is 0.399 e. The highest BCUT2D eigenvalue weighted by Gasteiger charge is 2.53. The molecule has 2 heterocycles. The van der Waals surface area contributed by atoms with Gasteiger partial charge >= 0.3 is 7.12 Å². The molecule has 0 radical (unpaired) electrons. The van der Waals surface area contributed by atoms with Crippen LogP contribution in [0.15, 0.2) is 64.4 Å². The minimum Gasteiger partial charge on any atom is -0.399 e. The standard InChI is InChI=1S/C24H27BO2S/c1-23(2)24(3,4)27-25(26-23)19-12-9-13-20-21(19)18-15-14-16-10-7-8-11-17(16)22(18)28(20,5)6/h7-15H,1-6H3. The van der Waals surface area contributed by atoms with E-state index in [-0.39, 0.29) is 18.3 Å². The predicted octanol–water partition coefficient (Wildman–Crippen LogP) is 5.60. The van der Waals surface area contributed by atoms with E-state index in [0.717, 1.165) is 5.46 Å². The van der Waals surface area contributed by atoms with E-state index in [0.29, 0.717) is 0 Å². The molecule has 4 heteroatoms. The first kappa shape index (κ1) is 18.3. The number of fused-ring (bicyclic) bond motifs is 5. The second-order valence-electron chi connectivity index (χ2n) is 9.30. The van der Waals surface area contributed by atoms with Crippen LogP contribution in [0.4, 0.5) is 0 Å². The van der Waals surface area contributed by atoms with Gasteiger partial charge in [-0.05, 0) is 73.6 Å². The van der Waals surface area contributed by atoms with Gasteiger partial charge in [-0.25, -0.2) is 0 Å². The lowest BCUT2D eigenvalue weighted by atomic mass is 9.74. The molecule has 5 rings (SSSR count). The minimum absolute atomic E-state index is 0.340. The van der Waals surface area contributed by atoms with Crippen molar-refractivity contribution in [1.82, 2.24) is 0 Å². The van der Waals surface area contributed by atoms with Gasteiger partial charge in [0.25, 0.3) is 0 Å². The average Bonchev–Trinajstić information content (AvgIpc) is 3.01. The molecule has 2 aliphatic heterocycles. The van der Waals surface area contributed by atoms with Gasteiger partial charge in [0.15, 0.2) is 0 Å². The van der Waals surface area contributed by atoms with Crippen molar-refractivity contribution in [3.8, 4) is 11.1 Å². The molecule has 0 atom stereocenters. The number of rotatable bonds is 1. The van der Waals surface area contributed by atoms with Crippen LogP contribution in [0.1, 0.15) is 27.7 Å². The molecule has 0 saturated carbocycles. The van der Waals surface area contributed by atoms with Gasteiger partial charge in [0, 0.05) is 9.79 Å². The van der Waals surface area contributed by atoms with Gasteiger partial charge in [-0.2, -0.15) is 10.0 Å². The molecule has 144 valence electrons. The van der Waals surface area contributed by atoms with Crippen LogP contribution in [0.5, 0.6) is 0 Å². The summed E-state index contributed by atoms with van der Waals surface area (Å²) in [6.07, 6.45) is 4.83. The molecule has 3 aromatic rings. The molecule has 0 spiro atoms. The molecule has 1 saturated heterocycles. The maximum absolute atomic E-state index is 6.43. The molecular formula is C24H27BO2S. The van der Waals surface area contributed by atoms with E-state index < -0.39 is 10.0 Å². The van der Waals surface area contributed by atoms with Gasteiger partial charge in [0.2, 0.25) is 0 Å². The van der Waals surface area contributed by atoms with Crippen LogP contribution in [0.3, 0.4) is 0 Å². The van der Waals surface area contributed by atoms with Gasteiger partial charge in [0.05, 0.1) is 11.2 Å². The van der Waals surface area contributed by atoms with Crippen molar-refractivity contribution < 1.29 is 9.31 Å². The number of hydrogen-bond donors (Lipinski definition) is 0. The van der Waals surface area contributed by atoms with Gasteiger partial charge in [-0.3, -0.25) is 0 Å². The third-order valence-corrected chi connectivity index (χ3v) is 9.67. The van der Waals surface area contributed by atoms with Crippen molar-refractivity contribution in [2.45, 2.75) is 48.7 Å². The molecular weight excluding hydrogens is 363 g/mol. The van der Waals surface area contributed by atoms with Crippen molar-refractivity contribution in [2.75, 3.05) is 12.5 Å². The van der Waals surface area contributed by atoms with E-state index in [4.69, 9.17) is 9.31 Å². The molecule has 0 aromatic heterocycles. The summed E-state index contributed by atoms with van der Waals surface area (Å²) in [4.78, 5) is 2.93. The Labute approximate surface area is 169 Å². The first-order valence-corrected chi connectivity index (χ1v) is 12.3. The molecule has 28 heavy (non-hydrogen) atoms. The van der Waals surface area contributed by atoms with E-state index in [1.807, 2.05) is 0 Å². The Hall–Kier alpha value is -1.75. The van der Waals surface area contributed by atoms with Gasteiger partial charge in [-0.1, -0.05) is 48.5 Å². The highest BCUT2D eigenvalue weighted by atomic mass is 32.3. The second kappa shape index (κ2) is 5.66. The highest BCUT2D eigenvalue weighted by molar-refractivity contribution is 8.33. The van der Waals surface area contributed by atoms with E-state index >= 15 is 0 Å². The molecule has 0 unspecified atom stereocenters. The maximum atomic E-state index is 6.43. The van der Waals surface area contributed by atoms with Crippen LogP contribution in [0.25, 0.3) is 21.9 Å². The van der Waals surface area contributed by atoms with Crippen LogP contribution >= 0.6 is 10.0 Å². The normalized spacial score (nSPS) is 22.1. The summed E-state index contributed by atoms with van der Waals surface area (Å²) >= 11 is 0. The maximum Gasteiger partial charge on any atom is 0.495 e. The second-order valence-corrected chi connectivity index (χ2v) is 12.8. The molecule has 0 amide bonds. The molecule has 2 nitrogen and oxygen atoms in total. The lowest BCUT2D eigenvalue weighted by molar-refractivity contribution is 0.00578. The van der Waals surface area contributed by atoms with Crippen molar-refractivity contribution in [3.63, 3.8) is 0 Å². The average molecular weight is 390 g/mol. The van der Waals surface area contributed by atoms with Gasteiger partial charge < -0.3 is 9.31 Å². The molecule has 0 aliphatic carbocycles. The van der Waals surface area contributed by atoms with E-state index in [1.165, 1.54) is 31.7 Å². The summed E-state index contributed by atoms with van der Waals surface area (Å²) in [5, 5.41) is 2.68. The predicted molar refractivity (Wildman–Crippen MR) is 121 cm³/mol. The first-order valence-electron chi connectivity index (χ1n) is 9.88. The zero-order valence-electron chi connectivity index (χ0n) is 17.5. The summed E-state index contributed by atoms with van der Waals surface area (Å²) in [5.74, 6) is 0. The monoisotopic (exact) mass is 390 g/mol. The number of hydrogen-bond acceptors (Lipinski definition) is 2. The zero-order chi connectivity index (χ0) is 19.9. The van der Waals surface area contributed by atoms with Crippen molar-refractivity contribution in [2.24, 2.45) is 0 Å². The zero-order valence-corrected chi connectivity index (χ0v) is 18.3. The van der Waals surface area contributed by atoms with Crippen LogP contribution in [0, 0.1) is 0 Å². The third kappa shape index (κ3) is 2.32. The van der Waals surface area contributed by atoms with Crippen LogP contribution in [-0.2, 0) is 9.31 Å². The topological polar surface area (TPSA) is 18.5 Å². The van der Waals surface area contributed by atoms with Crippen molar-refractivity contribution in [3.05, 3.63) is 54.6 Å². The Morgan fingerprint density at radius 3 is 2.18 bits per heavy atom. The molecule has 3 aromatic carbocycles. The number of benzene rings is 3. The quantitative estimate of drug-likeness (QED) is 0.504.